The number of rotatable bonds is 2. The minimum Gasteiger partial charge on any atom is -0.443 e. The number of cyclic esters (lactones) is 1. The van der Waals surface area contributed by atoms with E-state index in [1.807, 2.05) is 4.90 Å². The second kappa shape index (κ2) is 3.55. The monoisotopic (exact) mass is 229 g/mol. The maximum absolute atomic E-state index is 11.7. The largest absolute Gasteiger partial charge is 0.443 e. The molecule has 0 aromatic heterocycles. The molecule has 0 aromatic rings. The number of carbonyl (C=O) groups excluding carboxylic acids is 1. The third kappa shape index (κ3) is 1.52. The molecule has 3 nitrogen and oxygen atoms in total. The van der Waals surface area contributed by atoms with E-state index in [0.29, 0.717) is 18.5 Å². The fourth-order valence-electron chi connectivity index (χ4n) is 3.49. The average Bonchev–Trinajstić information content (AvgIpc) is 2.90. The summed E-state index contributed by atoms with van der Waals surface area (Å²) >= 11 is 5.72. The van der Waals surface area contributed by atoms with Gasteiger partial charge in [0, 0.05) is 6.04 Å². The van der Waals surface area contributed by atoms with Crippen molar-refractivity contribution in [2.24, 2.45) is 11.8 Å². The molecule has 4 unspecified atom stereocenters. The number of ether oxygens (including phenoxy) is 1. The van der Waals surface area contributed by atoms with Gasteiger partial charge in [0.1, 0.15) is 6.10 Å². The molecule has 0 aromatic carbocycles. The van der Waals surface area contributed by atoms with E-state index in [1.165, 1.54) is 25.7 Å². The topological polar surface area (TPSA) is 29.5 Å². The lowest BCUT2D eigenvalue weighted by Gasteiger charge is -2.29. The first-order valence-electron chi connectivity index (χ1n) is 5.81. The van der Waals surface area contributed by atoms with Crippen LogP contribution in [0.15, 0.2) is 0 Å². The predicted molar refractivity (Wildman–Crippen MR) is 56.9 cm³/mol. The molecule has 3 rings (SSSR count). The van der Waals surface area contributed by atoms with Crippen molar-refractivity contribution in [1.82, 2.24) is 4.90 Å². The van der Waals surface area contributed by atoms with Gasteiger partial charge in [-0.05, 0) is 31.1 Å². The van der Waals surface area contributed by atoms with E-state index in [1.54, 1.807) is 0 Å². The third-order valence-electron chi connectivity index (χ3n) is 4.18. The van der Waals surface area contributed by atoms with Crippen LogP contribution in [0.2, 0.25) is 0 Å². The molecule has 0 radical (unpaired) electrons. The smallest absolute Gasteiger partial charge is 0.410 e. The van der Waals surface area contributed by atoms with Crippen molar-refractivity contribution in [3.63, 3.8) is 0 Å². The summed E-state index contributed by atoms with van der Waals surface area (Å²) in [6.07, 6.45) is 4.94. The molecule has 3 aliphatic rings. The molecule has 4 heteroatoms. The zero-order valence-corrected chi connectivity index (χ0v) is 9.45. The lowest BCUT2D eigenvalue weighted by molar-refractivity contribution is 0.125. The van der Waals surface area contributed by atoms with Crippen molar-refractivity contribution < 1.29 is 9.53 Å². The minimum atomic E-state index is -0.141. The molecule has 0 N–H and O–H groups in total. The van der Waals surface area contributed by atoms with Crippen LogP contribution in [0.4, 0.5) is 4.79 Å². The van der Waals surface area contributed by atoms with Crippen LogP contribution < -0.4 is 0 Å². The Balaban J connectivity index is 1.70. The highest BCUT2D eigenvalue weighted by molar-refractivity contribution is 6.18. The van der Waals surface area contributed by atoms with Crippen LogP contribution in [0.3, 0.4) is 0 Å². The zero-order valence-electron chi connectivity index (χ0n) is 8.69. The quantitative estimate of drug-likeness (QED) is 0.680. The Morgan fingerprint density at radius 3 is 2.80 bits per heavy atom. The molecular formula is C11H16ClNO2. The molecule has 1 heterocycles. The molecule has 1 amide bonds. The maximum atomic E-state index is 11.7. The first kappa shape index (κ1) is 9.76. The van der Waals surface area contributed by atoms with Crippen LogP contribution in [0.1, 0.15) is 25.7 Å². The molecular weight excluding hydrogens is 214 g/mol. The summed E-state index contributed by atoms with van der Waals surface area (Å²) in [7, 11) is 0. The van der Waals surface area contributed by atoms with E-state index in [2.05, 4.69) is 0 Å². The van der Waals surface area contributed by atoms with Crippen LogP contribution in [0.5, 0.6) is 0 Å². The first-order valence-corrected chi connectivity index (χ1v) is 6.34. The second-order valence-electron chi connectivity index (χ2n) is 5.05. The van der Waals surface area contributed by atoms with Crippen molar-refractivity contribution in [2.75, 3.05) is 12.4 Å². The molecule has 4 atom stereocenters. The summed E-state index contributed by atoms with van der Waals surface area (Å²) in [5, 5.41) is 0. The highest BCUT2D eigenvalue weighted by Crippen LogP contribution is 2.47. The van der Waals surface area contributed by atoms with Crippen LogP contribution in [0.25, 0.3) is 0 Å². The van der Waals surface area contributed by atoms with Gasteiger partial charge < -0.3 is 9.64 Å². The van der Waals surface area contributed by atoms with Gasteiger partial charge in [-0.2, -0.15) is 0 Å². The standard InChI is InChI=1S/C11H16ClNO2/c12-5-9-6-13(11(14)15-9)10-4-7-1-2-8(10)3-7/h7-10H,1-6H2. The fourth-order valence-corrected chi connectivity index (χ4v) is 3.65. The van der Waals surface area contributed by atoms with Crippen molar-refractivity contribution in [2.45, 2.75) is 37.8 Å². The number of nitrogens with zero attached hydrogens (tertiary/aromatic N) is 1. The van der Waals surface area contributed by atoms with Crippen molar-refractivity contribution in [3.05, 3.63) is 0 Å². The maximum Gasteiger partial charge on any atom is 0.410 e. The summed E-state index contributed by atoms with van der Waals surface area (Å²) in [6.45, 7) is 0.705. The van der Waals surface area contributed by atoms with Gasteiger partial charge >= 0.3 is 6.09 Å². The first-order chi connectivity index (χ1) is 7.28. The SMILES string of the molecule is O=C1OC(CCl)CN1C1CC2CCC1C2. The van der Waals surface area contributed by atoms with Gasteiger partial charge in [0.15, 0.2) is 0 Å². The van der Waals surface area contributed by atoms with E-state index in [4.69, 9.17) is 16.3 Å². The summed E-state index contributed by atoms with van der Waals surface area (Å²) in [5.74, 6) is 2.02. The zero-order chi connectivity index (χ0) is 10.4. The molecule has 15 heavy (non-hydrogen) atoms. The second-order valence-corrected chi connectivity index (χ2v) is 5.36. The lowest BCUT2D eigenvalue weighted by atomic mass is 9.94. The third-order valence-corrected chi connectivity index (χ3v) is 4.52. The van der Waals surface area contributed by atoms with E-state index in [9.17, 15) is 4.79 Å². The Hall–Kier alpha value is -0.440. The number of halogens is 1. The van der Waals surface area contributed by atoms with Crippen molar-refractivity contribution in [1.29, 1.82) is 0 Å². The molecule has 1 aliphatic heterocycles. The highest BCUT2D eigenvalue weighted by atomic mass is 35.5. The Labute approximate surface area is 94.7 Å². The summed E-state index contributed by atoms with van der Waals surface area (Å²) in [4.78, 5) is 13.6. The van der Waals surface area contributed by atoms with Gasteiger partial charge in [-0.3, -0.25) is 0 Å². The van der Waals surface area contributed by atoms with E-state index in [-0.39, 0.29) is 12.2 Å². The van der Waals surface area contributed by atoms with E-state index < -0.39 is 0 Å². The van der Waals surface area contributed by atoms with Crippen molar-refractivity contribution >= 4 is 17.7 Å². The molecule has 3 fully saturated rings. The summed E-state index contributed by atoms with van der Waals surface area (Å²) in [6, 6.07) is 0.449. The Kier molecular flexibility index (Phi) is 2.31. The molecule has 2 saturated carbocycles. The summed E-state index contributed by atoms with van der Waals surface area (Å²) < 4.78 is 5.20. The van der Waals surface area contributed by atoms with Gasteiger partial charge in [-0.25, -0.2) is 4.79 Å². The van der Waals surface area contributed by atoms with E-state index in [0.717, 1.165) is 11.8 Å². The molecule has 0 spiro atoms. The molecule has 2 bridgehead atoms. The number of amides is 1. The molecule has 84 valence electrons. The normalized spacial score (nSPS) is 43.8. The highest BCUT2D eigenvalue weighted by Gasteiger charge is 2.46. The molecule has 2 aliphatic carbocycles. The van der Waals surface area contributed by atoms with Crippen LogP contribution in [-0.4, -0.2) is 35.6 Å². The van der Waals surface area contributed by atoms with Crippen molar-refractivity contribution in [3.8, 4) is 0 Å². The molecule has 1 saturated heterocycles. The van der Waals surface area contributed by atoms with Gasteiger partial charge in [-0.1, -0.05) is 6.42 Å². The minimum absolute atomic E-state index is 0.0849. The Bertz CT molecular complexity index is 284. The van der Waals surface area contributed by atoms with Crippen LogP contribution in [-0.2, 0) is 4.74 Å². The Morgan fingerprint density at radius 1 is 1.40 bits per heavy atom. The number of alkyl halides is 1. The Morgan fingerprint density at radius 2 is 2.27 bits per heavy atom. The number of hydrogen-bond donors (Lipinski definition) is 0. The van der Waals surface area contributed by atoms with Gasteiger partial charge in [-0.15, -0.1) is 11.6 Å². The van der Waals surface area contributed by atoms with Gasteiger partial charge in [0.25, 0.3) is 0 Å². The number of carbonyl (C=O) groups is 1. The number of fused-ring (bicyclic) bond motifs is 2. The average molecular weight is 230 g/mol. The fraction of sp³-hybridized carbons (Fsp3) is 0.909. The lowest BCUT2D eigenvalue weighted by Crippen LogP contribution is -2.40. The van der Waals surface area contributed by atoms with E-state index >= 15 is 0 Å². The van der Waals surface area contributed by atoms with Gasteiger partial charge in [0.2, 0.25) is 0 Å². The predicted octanol–water partition coefficient (Wildman–Crippen LogP) is 2.23. The van der Waals surface area contributed by atoms with Gasteiger partial charge in [0.05, 0.1) is 12.4 Å². The summed E-state index contributed by atoms with van der Waals surface area (Å²) in [5.41, 5.74) is 0. The van der Waals surface area contributed by atoms with Crippen LogP contribution in [0, 0.1) is 11.8 Å². The number of hydrogen-bond acceptors (Lipinski definition) is 2. The van der Waals surface area contributed by atoms with Crippen LogP contribution >= 0.6 is 11.6 Å².